The fourth-order valence-corrected chi connectivity index (χ4v) is 10.9. The Kier molecular flexibility index (Phi) is 14.0. The summed E-state index contributed by atoms with van der Waals surface area (Å²) in [6.45, 7) is 12.2. The Morgan fingerprint density at radius 3 is 2.46 bits per heavy atom. The van der Waals surface area contributed by atoms with E-state index in [1.807, 2.05) is 30.3 Å². The fourth-order valence-electron chi connectivity index (χ4n) is 8.93. The second kappa shape index (κ2) is 19.4. The quantitative estimate of drug-likeness (QED) is 0.0567. The predicted octanol–water partition coefficient (Wildman–Crippen LogP) is 8.98. The molecule has 59 heavy (non-hydrogen) atoms. The van der Waals surface area contributed by atoms with Crippen molar-refractivity contribution in [2.45, 2.75) is 77.7 Å². The number of benzene rings is 2. The molecule has 2 fully saturated rings. The average molecular weight is 858 g/mol. The molecule has 0 saturated carbocycles. The molecule has 5 aromatic rings. The molecule has 3 N–H and O–H groups in total. The van der Waals surface area contributed by atoms with E-state index < -0.39 is 0 Å². The van der Waals surface area contributed by atoms with Crippen LogP contribution >= 0.6 is 35.1 Å². The van der Waals surface area contributed by atoms with E-state index in [2.05, 4.69) is 92.2 Å². The van der Waals surface area contributed by atoms with E-state index >= 15 is 0 Å². The normalized spacial score (nSPS) is 16.3. The van der Waals surface area contributed by atoms with Crippen molar-refractivity contribution in [1.82, 2.24) is 29.4 Å². The summed E-state index contributed by atoms with van der Waals surface area (Å²) in [5, 5.41) is 10.1. The van der Waals surface area contributed by atoms with Crippen LogP contribution in [0.3, 0.4) is 0 Å². The molecule has 3 aromatic heterocycles. The van der Waals surface area contributed by atoms with Gasteiger partial charge in [-0.15, -0.1) is 0 Å². The smallest absolute Gasteiger partial charge is 0.258 e. The van der Waals surface area contributed by atoms with Crippen molar-refractivity contribution in [2.24, 2.45) is 11.1 Å². The average Bonchev–Trinajstić information content (AvgIpc) is 3.61. The van der Waals surface area contributed by atoms with Gasteiger partial charge in [0.25, 0.3) is 5.91 Å². The highest BCUT2D eigenvalue weighted by atomic mass is 35.5. The SMILES string of the molecule is CCCC(CCC)N1CCc2cccc(OCCCSN3CC4(C3)CN(c3ccc(-c5n[nH]c6ccc(C[C@H](C)c7c(Cl)cncc7Cl)cc56)cn3)C4)c2C1=O.NC=O. The number of nitrogens with zero attached hydrogens (tertiary/aromatic N) is 6. The van der Waals surface area contributed by atoms with E-state index in [0.717, 1.165) is 134 Å². The van der Waals surface area contributed by atoms with Crippen molar-refractivity contribution in [3.8, 4) is 17.0 Å². The topological polar surface area (TPSA) is 134 Å². The Hall–Kier alpha value is -4.36. The predicted molar refractivity (Wildman–Crippen MR) is 240 cm³/mol. The Bertz CT molecular complexity index is 2200. The molecular weight excluding hydrogens is 804 g/mol. The monoisotopic (exact) mass is 856 g/mol. The maximum atomic E-state index is 13.7. The third-order valence-electron chi connectivity index (χ3n) is 11.7. The molecule has 3 aliphatic heterocycles. The Morgan fingerprint density at radius 1 is 1.02 bits per heavy atom. The Morgan fingerprint density at radius 2 is 1.76 bits per heavy atom. The van der Waals surface area contributed by atoms with Gasteiger partial charge in [-0.1, -0.05) is 87.0 Å². The molecule has 8 rings (SSSR count). The number of ether oxygens (including phenoxy) is 1. The van der Waals surface area contributed by atoms with Crippen LogP contribution in [0.5, 0.6) is 5.75 Å². The molecule has 2 amide bonds. The number of primary amides is 1. The summed E-state index contributed by atoms with van der Waals surface area (Å²) in [7, 11) is 0. The molecule has 0 radical (unpaired) electrons. The zero-order valence-corrected chi connectivity index (χ0v) is 36.5. The van der Waals surface area contributed by atoms with Gasteiger partial charge >= 0.3 is 0 Å². The number of amides is 2. The molecule has 2 saturated heterocycles. The van der Waals surface area contributed by atoms with Crippen molar-refractivity contribution < 1.29 is 14.3 Å². The largest absolute Gasteiger partial charge is 0.493 e. The Balaban J connectivity index is 0.00000171. The molecule has 0 aliphatic carbocycles. The molecule has 11 nitrogen and oxygen atoms in total. The van der Waals surface area contributed by atoms with Crippen LogP contribution in [0, 0.1) is 5.41 Å². The minimum absolute atomic E-state index is 0.132. The molecule has 14 heteroatoms. The van der Waals surface area contributed by atoms with Gasteiger partial charge in [-0.25, -0.2) is 9.29 Å². The molecule has 0 bridgehead atoms. The lowest BCUT2D eigenvalue weighted by Gasteiger charge is -2.60. The third kappa shape index (κ3) is 9.51. The summed E-state index contributed by atoms with van der Waals surface area (Å²) in [5.74, 6) is 3.05. The number of nitrogens with two attached hydrogens (primary N) is 1. The molecule has 2 aromatic carbocycles. The van der Waals surface area contributed by atoms with Crippen molar-refractivity contribution in [3.05, 3.63) is 99.4 Å². The summed E-state index contributed by atoms with van der Waals surface area (Å²) < 4.78 is 8.76. The van der Waals surface area contributed by atoms with Gasteiger partial charge in [-0.05, 0) is 85.0 Å². The van der Waals surface area contributed by atoms with Gasteiger partial charge in [0.2, 0.25) is 6.41 Å². The van der Waals surface area contributed by atoms with Crippen molar-refractivity contribution in [3.63, 3.8) is 0 Å². The summed E-state index contributed by atoms with van der Waals surface area (Å²) in [6.07, 6.45) is 12.4. The molecule has 3 aliphatic rings. The van der Waals surface area contributed by atoms with Gasteiger partial charge < -0.3 is 20.3 Å². The van der Waals surface area contributed by atoms with E-state index in [1.165, 1.54) is 5.56 Å². The van der Waals surface area contributed by atoms with Crippen LogP contribution in [0.25, 0.3) is 22.2 Å². The number of hydrogen-bond acceptors (Lipinski definition) is 9. The number of carbonyl (C=O) groups excluding carboxylic acids is 2. The van der Waals surface area contributed by atoms with Crippen molar-refractivity contribution in [2.75, 3.05) is 50.0 Å². The minimum Gasteiger partial charge on any atom is -0.493 e. The lowest BCUT2D eigenvalue weighted by atomic mass is 9.74. The number of halogens is 2. The fraction of sp³-hybridized carbons (Fsp3) is 0.444. The number of carbonyl (C=O) groups is 2. The molecule has 1 spiro atoms. The highest BCUT2D eigenvalue weighted by molar-refractivity contribution is 7.97. The van der Waals surface area contributed by atoms with E-state index in [1.54, 1.807) is 12.4 Å². The summed E-state index contributed by atoms with van der Waals surface area (Å²) in [5.41, 5.74) is 11.4. The zero-order chi connectivity index (χ0) is 41.5. The van der Waals surface area contributed by atoms with Crippen LogP contribution in [-0.2, 0) is 17.6 Å². The van der Waals surface area contributed by atoms with E-state index in [0.29, 0.717) is 28.1 Å². The standard InChI is InChI=1S/C44H51Cl2N7O2S.CH3NO/c1-4-8-33(9-5-2)53-17-16-31-10-6-11-38(41(31)43(53)54)55-18-7-19-56-52-27-44(28-52)25-51(26-44)39-15-13-32(22-48-39)42-34-21-30(12-14-37(34)49-50-42)20-29(3)40-35(45)23-47-24-36(40)46;2-1-3/h6,10-15,21-24,29,33H,4-5,7-9,16-20,25-28H2,1-3H3,(H,49,50);1H,(H2,2,3)/t29-;/m0./s1. The lowest BCUT2D eigenvalue weighted by Crippen LogP contribution is -2.70. The first-order chi connectivity index (χ1) is 28.7. The van der Waals surface area contributed by atoms with Crippen LogP contribution in [-0.4, -0.2) is 92.8 Å². The van der Waals surface area contributed by atoms with Crippen molar-refractivity contribution >= 4 is 64.2 Å². The lowest BCUT2D eigenvalue weighted by molar-refractivity contribution is -0.106. The van der Waals surface area contributed by atoms with Gasteiger partial charge in [0.05, 0.1) is 27.7 Å². The summed E-state index contributed by atoms with van der Waals surface area (Å²) >= 11 is 14.8. The number of fused-ring (bicyclic) bond motifs is 2. The number of anilines is 1. The van der Waals surface area contributed by atoms with Crippen molar-refractivity contribution in [1.29, 1.82) is 0 Å². The second-order valence-corrected chi connectivity index (χ2v) is 18.1. The third-order valence-corrected chi connectivity index (χ3v) is 13.4. The summed E-state index contributed by atoms with van der Waals surface area (Å²) in [6, 6.07) is 17.1. The molecule has 1 atom stereocenters. The number of nitrogens with one attached hydrogen (secondary N) is 1. The van der Waals surface area contributed by atoms with Gasteiger partial charge in [0, 0.05) is 79.5 Å². The molecule has 312 valence electrons. The van der Waals surface area contributed by atoms with Gasteiger partial charge in [0.15, 0.2) is 0 Å². The van der Waals surface area contributed by atoms with Gasteiger partial charge in [-0.2, -0.15) is 5.10 Å². The molecular formula is C45H54Cl2N8O3S. The van der Waals surface area contributed by atoms with Crippen LogP contribution in [0.2, 0.25) is 10.0 Å². The number of pyridine rings is 2. The molecule has 0 unspecified atom stereocenters. The zero-order valence-electron chi connectivity index (χ0n) is 34.1. The highest BCUT2D eigenvalue weighted by Gasteiger charge is 2.52. The number of H-pyrrole nitrogens is 1. The number of aromatic amines is 1. The summed E-state index contributed by atoms with van der Waals surface area (Å²) in [4.78, 5) is 35.7. The number of aromatic nitrogens is 4. The number of hydrogen-bond donors (Lipinski definition) is 2. The highest BCUT2D eigenvalue weighted by Crippen LogP contribution is 2.44. The van der Waals surface area contributed by atoms with Crippen LogP contribution < -0.4 is 15.4 Å². The molecule has 6 heterocycles. The van der Waals surface area contributed by atoms with E-state index in [-0.39, 0.29) is 18.2 Å². The maximum Gasteiger partial charge on any atom is 0.258 e. The van der Waals surface area contributed by atoms with Gasteiger partial charge in [-0.3, -0.25) is 19.7 Å². The van der Waals surface area contributed by atoms with E-state index in [9.17, 15) is 4.79 Å². The first-order valence-electron chi connectivity index (χ1n) is 20.7. The maximum absolute atomic E-state index is 13.7. The first kappa shape index (κ1) is 42.8. The minimum atomic E-state index is 0.132. The Labute approximate surface area is 361 Å². The van der Waals surface area contributed by atoms with Crippen LogP contribution in [0.15, 0.2) is 67.1 Å². The first-order valence-corrected chi connectivity index (χ1v) is 22.4. The second-order valence-electron chi connectivity index (χ2n) is 16.1. The van der Waals surface area contributed by atoms with E-state index in [4.69, 9.17) is 37.7 Å². The van der Waals surface area contributed by atoms with Crippen LogP contribution in [0.1, 0.15) is 85.8 Å². The van der Waals surface area contributed by atoms with Gasteiger partial charge in [0.1, 0.15) is 17.3 Å². The number of rotatable bonds is 16. The van der Waals surface area contributed by atoms with Crippen LogP contribution in [0.4, 0.5) is 5.82 Å².